The van der Waals surface area contributed by atoms with E-state index < -0.39 is 0 Å². The van der Waals surface area contributed by atoms with E-state index in [4.69, 9.17) is 4.74 Å². The predicted octanol–water partition coefficient (Wildman–Crippen LogP) is 6.09. The maximum atomic E-state index is 12.4. The first-order valence-electron chi connectivity index (χ1n) is 17.3. The molecule has 0 spiro atoms. The van der Waals surface area contributed by atoms with Crippen molar-refractivity contribution < 1.29 is 9.53 Å². The molecule has 0 atom stereocenters. The molecule has 1 aliphatic rings. The van der Waals surface area contributed by atoms with Gasteiger partial charge >= 0.3 is 5.97 Å². The van der Waals surface area contributed by atoms with Gasteiger partial charge in [-0.1, -0.05) is 103 Å². The van der Waals surface area contributed by atoms with Crippen LogP contribution in [0.25, 0.3) is 22.3 Å². The summed E-state index contributed by atoms with van der Waals surface area (Å²) in [5, 5.41) is 3.89. The highest BCUT2D eigenvalue weighted by Crippen LogP contribution is 2.28. The molecule has 0 radical (unpaired) electrons. The van der Waals surface area contributed by atoms with Crippen LogP contribution in [0.15, 0.2) is 164 Å². The smallest absolute Gasteiger partial charge is 0.337 e. The minimum absolute atomic E-state index is 0.369. The highest BCUT2D eigenvalue weighted by Gasteiger charge is 2.18. The van der Waals surface area contributed by atoms with Crippen LogP contribution in [-0.4, -0.2) is 33.0 Å². The van der Waals surface area contributed by atoms with Gasteiger partial charge in [0.05, 0.1) is 12.7 Å². The maximum absolute atomic E-state index is 12.4. The minimum atomic E-state index is -0.369. The molecule has 0 aliphatic carbocycles. The quantitative estimate of drug-likeness (QED) is 0.167. The molecule has 52 heavy (non-hydrogen) atoms. The fourth-order valence-corrected chi connectivity index (χ4v) is 7.28. The number of rotatable bonds is 5. The van der Waals surface area contributed by atoms with E-state index >= 15 is 0 Å². The summed E-state index contributed by atoms with van der Waals surface area (Å²) in [4.78, 5) is 27.6. The number of aromatic nitrogens is 4. The van der Waals surface area contributed by atoms with E-state index in [1.807, 2.05) is 42.5 Å². The standard InChI is InChI=1S/C46H34N4O2/c1-52-46(51)33-19-17-32(18-20-33)45-40-27-25-38(49-40)43(30-13-7-3-8-14-30)36-23-21-34(47-36)42(29-11-5-2-6-12-29)35-22-24-37(48-35)44(31-15-9-4-10-16-31)39-26-28-41(45)50-39/h2-28,47-50H,1H3. The number of aromatic amines is 4. The normalized spacial score (nSPS) is 12.6. The summed E-state index contributed by atoms with van der Waals surface area (Å²) in [6.45, 7) is 0. The molecule has 0 unspecified atom stereocenters. The zero-order chi connectivity index (χ0) is 35.0. The van der Waals surface area contributed by atoms with Gasteiger partial charge in [-0.25, -0.2) is 4.79 Å². The second-order valence-corrected chi connectivity index (χ2v) is 12.8. The Labute approximate surface area is 299 Å². The molecule has 0 fully saturated rings. The van der Waals surface area contributed by atoms with E-state index in [9.17, 15) is 4.79 Å². The van der Waals surface area contributed by atoms with Crippen molar-refractivity contribution >= 4 is 28.3 Å². The molecule has 8 aromatic rings. The number of ether oxygens (including phenoxy) is 1. The summed E-state index contributed by atoms with van der Waals surface area (Å²) in [5.41, 5.74) is 12.8. The number of carbonyl (C=O) groups is 1. The van der Waals surface area contributed by atoms with Crippen LogP contribution in [0.1, 0.15) is 55.4 Å². The Bertz CT molecular complexity index is 2820. The Balaban J connectivity index is 1.41. The molecular weight excluding hydrogens is 641 g/mol. The van der Waals surface area contributed by atoms with Crippen LogP contribution in [0.4, 0.5) is 0 Å². The third-order valence-corrected chi connectivity index (χ3v) is 9.68. The molecule has 6 nitrogen and oxygen atoms in total. The van der Waals surface area contributed by atoms with Crippen molar-refractivity contribution in [3.05, 3.63) is 236 Å². The molecule has 8 bridgehead atoms. The largest absolute Gasteiger partial charge is 0.465 e. The molecule has 4 aromatic heterocycles. The van der Waals surface area contributed by atoms with E-state index in [-0.39, 0.29) is 5.97 Å². The van der Waals surface area contributed by atoms with Gasteiger partial charge in [0, 0.05) is 66.5 Å². The summed E-state index contributed by atoms with van der Waals surface area (Å²) < 4.78 is 4.99. The van der Waals surface area contributed by atoms with Crippen LogP contribution in [0, 0.1) is 0 Å². The van der Waals surface area contributed by atoms with Gasteiger partial charge in [-0.3, -0.25) is 0 Å². The Morgan fingerprint density at radius 3 is 0.981 bits per heavy atom. The second kappa shape index (κ2) is 13.0. The van der Waals surface area contributed by atoms with Crippen LogP contribution in [0.5, 0.6) is 0 Å². The molecule has 6 heteroatoms. The van der Waals surface area contributed by atoms with Gasteiger partial charge in [-0.2, -0.15) is 0 Å². The lowest BCUT2D eigenvalue weighted by molar-refractivity contribution is 0.0600. The van der Waals surface area contributed by atoms with E-state index in [0.29, 0.717) is 5.56 Å². The Morgan fingerprint density at radius 1 is 0.365 bits per heavy atom. The maximum Gasteiger partial charge on any atom is 0.337 e. The Morgan fingerprint density at radius 2 is 0.673 bits per heavy atom. The number of benzene rings is 4. The first kappa shape index (κ1) is 31.0. The average molecular weight is 675 g/mol. The van der Waals surface area contributed by atoms with Crippen molar-refractivity contribution in [3.8, 4) is 0 Å². The molecule has 0 amide bonds. The van der Waals surface area contributed by atoms with Crippen molar-refractivity contribution in [2.24, 2.45) is 0 Å². The first-order valence-corrected chi connectivity index (χ1v) is 17.3. The van der Waals surface area contributed by atoms with E-state index in [2.05, 4.69) is 141 Å². The zero-order valence-corrected chi connectivity index (χ0v) is 28.4. The molecule has 4 N–H and O–H groups in total. The van der Waals surface area contributed by atoms with Crippen LogP contribution >= 0.6 is 0 Å². The SMILES string of the molecule is COC(=O)c1ccc(C2=c3ccc([nH]3)=C(c3ccccc3)c3ccc([nH]3)C(c3ccccc3)=c3ccc([nH]3)=C(c3ccccc3)c3ccc2[nH]3)cc1. The van der Waals surface area contributed by atoms with E-state index in [1.54, 1.807) is 0 Å². The summed E-state index contributed by atoms with van der Waals surface area (Å²) in [6.07, 6.45) is 0. The van der Waals surface area contributed by atoms with Gasteiger partial charge in [-0.05, 0) is 82.9 Å². The van der Waals surface area contributed by atoms with Gasteiger partial charge in [0.2, 0.25) is 0 Å². The summed E-state index contributed by atoms with van der Waals surface area (Å²) >= 11 is 0. The fourth-order valence-electron chi connectivity index (χ4n) is 7.28. The molecule has 4 aromatic carbocycles. The van der Waals surface area contributed by atoms with Crippen molar-refractivity contribution in [2.75, 3.05) is 7.11 Å². The Hall–Kier alpha value is -7.05. The number of carbonyl (C=O) groups excluding carboxylic acids is 1. The minimum Gasteiger partial charge on any atom is -0.465 e. The van der Waals surface area contributed by atoms with Crippen molar-refractivity contribution in [1.82, 2.24) is 19.9 Å². The van der Waals surface area contributed by atoms with Gasteiger partial charge in [0.15, 0.2) is 0 Å². The number of esters is 1. The second-order valence-electron chi connectivity index (χ2n) is 12.8. The van der Waals surface area contributed by atoms with Crippen LogP contribution in [-0.2, 0) is 4.74 Å². The zero-order valence-electron chi connectivity index (χ0n) is 28.4. The Kier molecular flexibility index (Phi) is 7.75. The molecule has 0 saturated carbocycles. The van der Waals surface area contributed by atoms with Gasteiger partial charge < -0.3 is 24.7 Å². The summed E-state index contributed by atoms with van der Waals surface area (Å²) in [7, 11) is 1.40. The third kappa shape index (κ3) is 5.53. The molecule has 250 valence electrons. The van der Waals surface area contributed by atoms with Gasteiger partial charge in [0.1, 0.15) is 0 Å². The van der Waals surface area contributed by atoms with Crippen molar-refractivity contribution in [1.29, 1.82) is 0 Å². The molecule has 0 saturated heterocycles. The number of nitrogens with one attached hydrogen (secondary N) is 4. The number of methoxy groups -OCH3 is 1. The molecular formula is C46H34N4O2. The average Bonchev–Trinajstić information content (AvgIpc) is 4.04. The van der Waals surface area contributed by atoms with Crippen molar-refractivity contribution in [3.63, 3.8) is 0 Å². The number of hydrogen-bond donors (Lipinski definition) is 4. The summed E-state index contributed by atoms with van der Waals surface area (Å²) in [6, 6.07) is 56.2. The number of H-pyrrole nitrogens is 4. The van der Waals surface area contributed by atoms with Crippen LogP contribution in [0.3, 0.4) is 0 Å². The van der Waals surface area contributed by atoms with Crippen LogP contribution in [0.2, 0.25) is 0 Å². The number of hydrogen-bond acceptors (Lipinski definition) is 2. The van der Waals surface area contributed by atoms with Gasteiger partial charge in [0.25, 0.3) is 0 Å². The highest BCUT2D eigenvalue weighted by molar-refractivity contribution is 5.90. The molecule has 5 heterocycles. The van der Waals surface area contributed by atoms with E-state index in [1.165, 1.54) is 7.11 Å². The number of fused-ring (bicyclic) bond motifs is 8. The molecule has 9 rings (SSSR count). The topological polar surface area (TPSA) is 89.5 Å². The van der Waals surface area contributed by atoms with Crippen LogP contribution < -0.4 is 21.4 Å². The van der Waals surface area contributed by atoms with Gasteiger partial charge in [-0.15, -0.1) is 0 Å². The third-order valence-electron chi connectivity index (χ3n) is 9.68. The highest BCUT2D eigenvalue weighted by atomic mass is 16.5. The van der Waals surface area contributed by atoms with E-state index in [0.717, 1.165) is 88.7 Å². The molecule has 1 aliphatic heterocycles. The van der Waals surface area contributed by atoms with Crippen molar-refractivity contribution in [2.45, 2.75) is 0 Å². The first-order chi connectivity index (χ1) is 25.6. The lowest BCUT2D eigenvalue weighted by Gasteiger charge is -2.10. The lowest BCUT2D eigenvalue weighted by Crippen LogP contribution is -2.19. The fraction of sp³-hybridized carbons (Fsp3) is 0.0217. The monoisotopic (exact) mass is 674 g/mol. The lowest BCUT2D eigenvalue weighted by atomic mass is 10.0. The summed E-state index contributed by atoms with van der Waals surface area (Å²) in [5.74, 6) is -0.369. The predicted molar refractivity (Wildman–Crippen MR) is 205 cm³/mol.